The Morgan fingerprint density at radius 3 is 2.75 bits per heavy atom. The van der Waals surface area contributed by atoms with Crippen LogP contribution in [0.3, 0.4) is 0 Å². The van der Waals surface area contributed by atoms with E-state index >= 15 is 0 Å². The first-order chi connectivity index (χ1) is 9.16. The smallest absolute Gasteiger partial charge is 0.237 e. The summed E-state index contributed by atoms with van der Waals surface area (Å²) in [5, 5.41) is 2.95. The van der Waals surface area contributed by atoms with Crippen molar-refractivity contribution in [2.24, 2.45) is 5.73 Å². The molecule has 4 nitrogen and oxygen atoms in total. The van der Waals surface area contributed by atoms with Gasteiger partial charge in [0.05, 0.1) is 18.2 Å². The minimum absolute atomic E-state index is 0. The molecule has 20 heavy (non-hydrogen) atoms. The predicted octanol–water partition coefficient (Wildman–Crippen LogP) is 1.66. The van der Waals surface area contributed by atoms with E-state index in [1.54, 1.807) is 0 Å². The lowest BCUT2D eigenvalue weighted by atomic mass is 10.0. The van der Waals surface area contributed by atoms with E-state index < -0.39 is 6.04 Å². The zero-order valence-corrected chi connectivity index (χ0v) is 12.6. The third-order valence-corrected chi connectivity index (χ3v) is 3.53. The van der Waals surface area contributed by atoms with E-state index in [0.717, 1.165) is 25.0 Å². The second kappa shape index (κ2) is 8.25. The molecule has 3 N–H and O–H groups in total. The molecule has 1 saturated heterocycles. The summed E-state index contributed by atoms with van der Waals surface area (Å²) in [5.74, 6) is -0.105. The standard InChI is InChI=1S/C15H22N2O2.ClH/c1-11(14-8-5-9-19-14)17-15(18)13(16)10-12-6-3-2-4-7-12;/h2-4,6-7,11,13-14H,5,8-10,16H2,1H3,(H,17,18);1H/t11?,13-,14?;/m0./s1. The van der Waals surface area contributed by atoms with Crippen molar-refractivity contribution in [2.45, 2.75) is 44.4 Å². The maximum absolute atomic E-state index is 12.0. The van der Waals surface area contributed by atoms with Crippen LogP contribution >= 0.6 is 12.4 Å². The fourth-order valence-corrected chi connectivity index (χ4v) is 2.38. The highest BCUT2D eigenvalue weighted by molar-refractivity contribution is 5.85. The fraction of sp³-hybridized carbons (Fsp3) is 0.533. The maximum atomic E-state index is 12.0. The predicted molar refractivity (Wildman–Crippen MR) is 81.9 cm³/mol. The zero-order valence-electron chi connectivity index (χ0n) is 11.7. The highest BCUT2D eigenvalue weighted by Gasteiger charge is 2.25. The van der Waals surface area contributed by atoms with Crippen LogP contribution in [0.25, 0.3) is 0 Å². The normalized spacial score (nSPS) is 20.8. The molecule has 2 unspecified atom stereocenters. The molecule has 1 aliphatic rings. The largest absolute Gasteiger partial charge is 0.376 e. The second-order valence-electron chi connectivity index (χ2n) is 5.14. The molecule has 0 spiro atoms. The number of amides is 1. The molecule has 2 rings (SSSR count). The molecule has 0 saturated carbocycles. The second-order valence-corrected chi connectivity index (χ2v) is 5.14. The van der Waals surface area contributed by atoms with Crippen LogP contribution in [0, 0.1) is 0 Å². The van der Waals surface area contributed by atoms with Gasteiger partial charge in [0.25, 0.3) is 0 Å². The van der Waals surface area contributed by atoms with Crippen molar-refractivity contribution in [3.05, 3.63) is 35.9 Å². The van der Waals surface area contributed by atoms with Gasteiger partial charge in [0.1, 0.15) is 0 Å². The SMILES string of the molecule is CC(NC(=O)[C@@H](N)Cc1ccccc1)C1CCCO1.Cl. The Kier molecular flexibility index (Phi) is 6.99. The van der Waals surface area contributed by atoms with Gasteiger partial charge < -0.3 is 15.8 Å². The van der Waals surface area contributed by atoms with Crippen LogP contribution in [0.15, 0.2) is 30.3 Å². The average molecular weight is 299 g/mol. The van der Waals surface area contributed by atoms with Crippen LogP contribution < -0.4 is 11.1 Å². The van der Waals surface area contributed by atoms with Gasteiger partial charge >= 0.3 is 0 Å². The number of nitrogens with two attached hydrogens (primary N) is 1. The first-order valence-electron chi connectivity index (χ1n) is 6.88. The average Bonchev–Trinajstić information content (AvgIpc) is 2.93. The molecular weight excluding hydrogens is 276 g/mol. The Morgan fingerprint density at radius 1 is 1.45 bits per heavy atom. The van der Waals surface area contributed by atoms with Gasteiger partial charge in [-0.25, -0.2) is 0 Å². The molecule has 0 aliphatic carbocycles. The summed E-state index contributed by atoms with van der Waals surface area (Å²) >= 11 is 0. The van der Waals surface area contributed by atoms with E-state index in [-0.39, 0.29) is 30.5 Å². The van der Waals surface area contributed by atoms with Crippen molar-refractivity contribution >= 4 is 18.3 Å². The molecule has 1 aliphatic heterocycles. The molecule has 0 aromatic heterocycles. The van der Waals surface area contributed by atoms with Gasteiger partial charge in [0, 0.05) is 6.61 Å². The van der Waals surface area contributed by atoms with E-state index in [0.29, 0.717) is 6.42 Å². The number of halogens is 1. The van der Waals surface area contributed by atoms with E-state index in [1.807, 2.05) is 37.3 Å². The highest BCUT2D eigenvalue weighted by atomic mass is 35.5. The van der Waals surface area contributed by atoms with E-state index in [1.165, 1.54) is 0 Å². The quantitative estimate of drug-likeness (QED) is 0.869. The van der Waals surface area contributed by atoms with Crippen LogP contribution in [-0.4, -0.2) is 30.7 Å². The monoisotopic (exact) mass is 298 g/mol. The summed E-state index contributed by atoms with van der Waals surface area (Å²) in [5.41, 5.74) is 7.02. The summed E-state index contributed by atoms with van der Waals surface area (Å²) in [4.78, 5) is 12.0. The van der Waals surface area contributed by atoms with Crippen molar-refractivity contribution < 1.29 is 9.53 Å². The molecule has 0 radical (unpaired) electrons. The van der Waals surface area contributed by atoms with Crippen LogP contribution in [0.1, 0.15) is 25.3 Å². The van der Waals surface area contributed by atoms with Crippen LogP contribution in [0.4, 0.5) is 0 Å². The molecule has 5 heteroatoms. The molecule has 112 valence electrons. The Hall–Kier alpha value is -1.10. The van der Waals surface area contributed by atoms with Gasteiger partial charge in [-0.15, -0.1) is 12.4 Å². The Balaban J connectivity index is 0.00000200. The number of rotatable bonds is 5. The number of carbonyl (C=O) groups excluding carboxylic acids is 1. The Morgan fingerprint density at radius 2 is 2.15 bits per heavy atom. The third kappa shape index (κ3) is 4.78. The highest BCUT2D eigenvalue weighted by Crippen LogP contribution is 2.15. The minimum atomic E-state index is -0.508. The summed E-state index contributed by atoms with van der Waals surface area (Å²) in [6, 6.07) is 9.34. The first-order valence-corrected chi connectivity index (χ1v) is 6.88. The van der Waals surface area contributed by atoms with Gasteiger partial charge in [0.2, 0.25) is 5.91 Å². The van der Waals surface area contributed by atoms with E-state index in [2.05, 4.69) is 5.32 Å². The number of carbonyl (C=O) groups is 1. The van der Waals surface area contributed by atoms with Crippen molar-refractivity contribution in [1.82, 2.24) is 5.32 Å². The summed E-state index contributed by atoms with van der Waals surface area (Å²) < 4.78 is 5.56. The van der Waals surface area contributed by atoms with Crippen LogP contribution in [-0.2, 0) is 16.0 Å². The lowest BCUT2D eigenvalue weighted by Gasteiger charge is -2.22. The molecule has 0 bridgehead atoms. The minimum Gasteiger partial charge on any atom is -0.376 e. The van der Waals surface area contributed by atoms with Gasteiger partial charge in [-0.1, -0.05) is 30.3 Å². The number of ether oxygens (including phenoxy) is 1. The lowest BCUT2D eigenvalue weighted by Crippen LogP contribution is -2.49. The van der Waals surface area contributed by atoms with Gasteiger partial charge in [-0.3, -0.25) is 4.79 Å². The summed E-state index contributed by atoms with van der Waals surface area (Å²) in [7, 11) is 0. The lowest BCUT2D eigenvalue weighted by molar-refractivity contribution is -0.123. The number of benzene rings is 1. The molecule has 1 aromatic carbocycles. The van der Waals surface area contributed by atoms with Gasteiger partial charge in [-0.05, 0) is 31.7 Å². The molecule has 3 atom stereocenters. The number of hydrogen-bond donors (Lipinski definition) is 2. The third-order valence-electron chi connectivity index (χ3n) is 3.53. The Labute approximate surface area is 126 Å². The van der Waals surface area contributed by atoms with Crippen molar-refractivity contribution in [2.75, 3.05) is 6.61 Å². The van der Waals surface area contributed by atoms with Gasteiger partial charge in [0.15, 0.2) is 0 Å². The molecule has 1 amide bonds. The number of nitrogens with one attached hydrogen (secondary N) is 1. The topological polar surface area (TPSA) is 64.4 Å². The maximum Gasteiger partial charge on any atom is 0.237 e. The zero-order chi connectivity index (χ0) is 13.7. The van der Waals surface area contributed by atoms with Crippen LogP contribution in [0.5, 0.6) is 0 Å². The number of hydrogen-bond acceptors (Lipinski definition) is 3. The first kappa shape index (κ1) is 17.0. The van der Waals surface area contributed by atoms with Crippen molar-refractivity contribution in [3.8, 4) is 0 Å². The molecule has 1 fully saturated rings. The molecular formula is C15H23ClN2O2. The summed E-state index contributed by atoms with van der Waals surface area (Å²) in [6.45, 7) is 2.77. The van der Waals surface area contributed by atoms with Crippen LogP contribution in [0.2, 0.25) is 0 Å². The molecule has 1 heterocycles. The fourth-order valence-electron chi connectivity index (χ4n) is 2.38. The Bertz CT molecular complexity index is 408. The molecule has 1 aromatic rings. The summed E-state index contributed by atoms with van der Waals surface area (Å²) in [6.07, 6.45) is 2.77. The van der Waals surface area contributed by atoms with Crippen molar-refractivity contribution in [3.63, 3.8) is 0 Å². The van der Waals surface area contributed by atoms with Crippen molar-refractivity contribution in [1.29, 1.82) is 0 Å². The van der Waals surface area contributed by atoms with E-state index in [4.69, 9.17) is 10.5 Å². The van der Waals surface area contributed by atoms with Gasteiger partial charge in [-0.2, -0.15) is 0 Å². The van der Waals surface area contributed by atoms with E-state index in [9.17, 15) is 4.79 Å².